The predicted molar refractivity (Wildman–Crippen MR) is 99.0 cm³/mol. The lowest BCUT2D eigenvalue weighted by molar-refractivity contribution is -0.0180. The Morgan fingerprint density at radius 2 is 1.57 bits per heavy atom. The van der Waals surface area contributed by atoms with Gasteiger partial charge in [-0.05, 0) is 35.4 Å². The van der Waals surface area contributed by atoms with Crippen LogP contribution in [0.5, 0.6) is 0 Å². The van der Waals surface area contributed by atoms with E-state index in [9.17, 15) is 30.0 Å². The van der Waals surface area contributed by atoms with Gasteiger partial charge in [-0.2, -0.15) is 0 Å². The topological polar surface area (TPSA) is 124 Å². The van der Waals surface area contributed by atoms with Crippen LogP contribution < -0.4 is 0 Å². The number of carbonyl (C=O) groups is 2. The Labute approximate surface area is 161 Å². The molecule has 0 fully saturated rings. The first-order chi connectivity index (χ1) is 13.4. The second-order valence-electron chi connectivity index (χ2n) is 6.53. The highest BCUT2D eigenvalue weighted by atomic mass is 16.5. The van der Waals surface area contributed by atoms with E-state index in [4.69, 9.17) is 4.74 Å². The summed E-state index contributed by atoms with van der Waals surface area (Å²) < 4.78 is 5.21. The van der Waals surface area contributed by atoms with Gasteiger partial charge in [0.05, 0.1) is 29.4 Å². The molecule has 4 N–H and O–H groups in total. The molecule has 146 valence electrons. The van der Waals surface area contributed by atoms with Crippen LogP contribution in [0.1, 0.15) is 32.2 Å². The summed E-state index contributed by atoms with van der Waals surface area (Å²) in [5.74, 6) is -2.90. The second kappa shape index (κ2) is 8.35. The zero-order valence-electron chi connectivity index (χ0n) is 14.8. The van der Waals surface area contributed by atoms with Crippen LogP contribution in [0.4, 0.5) is 0 Å². The van der Waals surface area contributed by atoms with Gasteiger partial charge in [0.15, 0.2) is 0 Å². The Balaban J connectivity index is 1.83. The molecule has 1 aliphatic rings. The van der Waals surface area contributed by atoms with Crippen molar-refractivity contribution in [1.29, 1.82) is 0 Å². The van der Waals surface area contributed by atoms with Gasteiger partial charge in [-0.3, -0.25) is 0 Å². The molecule has 2 aromatic rings. The normalized spacial score (nSPS) is 24.3. The Bertz CT molecular complexity index is 891. The number of aliphatic hydroxyl groups excluding tert-OH is 3. The summed E-state index contributed by atoms with van der Waals surface area (Å²) in [7, 11) is 0. The average Bonchev–Trinajstić information content (AvgIpc) is 2.70. The fourth-order valence-electron chi connectivity index (χ4n) is 3.32. The van der Waals surface area contributed by atoms with Gasteiger partial charge in [-0.25, -0.2) is 9.59 Å². The summed E-state index contributed by atoms with van der Waals surface area (Å²) in [4.78, 5) is 23.6. The number of carbonyl (C=O) groups excluding carboxylic acids is 1. The van der Waals surface area contributed by atoms with E-state index < -0.39 is 36.2 Å². The number of ether oxygens (including phenoxy) is 1. The van der Waals surface area contributed by atoms with Crippen LogP contribution in [0.2, 0.25) is 0 Å². The third-order valence-electron chi connectivity index (χ3n) is 4.75. The lowest BCUT2D eigenvalue weighted by Crippen LogP contribution is -2.44. The first-order valence-corrected chi connectivity index (χ1v) is 8.69. The third kappa shape index (κ3) is 3.96. The van der Waals surface area contributed by atoms with Crippen molar-refractivity contribution in [1.82, 2.24) is 0 Å². The number of hydrogen-bond acceptors (Lipinski definition) is 6. The van der Waals surface area contributed by atoms with Crippen molar-refractivity contribution in [3.63, 3.8) is 0 Å². The quantitative estimate of drug-likeness (QED) is 0.453. The van der Waals surface area contributed by atoms with Crippen LogP contribution in [0, 0.1) is 0 Å². The molecule has 0 heterocycles. The highest BCUT2D eigenvalue weighted by molar-refractivity contribution is 5.90. The van der Waals surface area contributed by atoms with Crippen LogP contribution >= 0.6 is 0 Å². The number of benzene rings is 2. The molecule has 0 aromatic heterocycles. The highest BCUT2D eigenvalue weighted by Crippen LogP contribution is 2.36. The summed E-state index contributed by atoms with van der Waals surface area (Å²) in [6.07, 6.45) is -2.86. The van der Waals surface area contributed by atoms with Crippen LogP contribution in [0.25, 0.3) is 0 Å². The van der Waals surface area contributed by atoms with Gasteiger partial charge < -0.3 is 25.2 Å². The van der Waals surface area contributed by atoms with E-state index in [2.05, 4.69) is 0 Å². The number of rotatable bonds is 5. The molecule has 0 radical (unpaired) electrons. The van der Waals surface area contributed by atoms with Gasteiger partial charge >= 0.3 is 11.9 Å². The van der Waals surface area contributed by atoms with Crippen LogP contribution in [-0.2, 0) is 4.74 Å². The van der Waals surface area contributed by atoms with E-state index >= 15 is 0 Å². The standard InChI is InChI=1S/C21H20O7/c22-16-10-13(11-28-21(27)12-6-2-1-3-7-12)18(23)17(19(16)24)14-8-4-5-9-15(14)20(25)26/h1-10,16-19,22-24H,11H2,(H,25,26). The molecule has 28 heavy (non-hydrogen) atoms. The van der Waals surface area contributed by atoms with Crippen LogP contribution in [0.3, 0.4) is 0 Å². The highest BCUT2D eigenvalue weighted by Gasteiger charge is 2.40. The molecule has 0 saturated heterocycles. The van der Waals surface area contributed by atoms with E-state index in [0.717, 1.165) is 0 Å². The molecule has 0 aliphatic heterocycles. The van der Waals surface area contributed by atoms with Gasteiger partial charge in [-0.1, -0.05) is 36.4 Å². The predicted octanol–water partition coefficient (Wildman–Crippen LogP) is 1.35. The van der Waals surface area contributed by atoms with Crippen molar-refractivity contribution in [3.05, 3.63) is 82.9 Å². The van der Waals surface area contributed by atoms with Crippen molar-refractivity contribution in [2.45, 2.75) is 24.2 Å². The average molecular weight is 384 g/mol. The van der Waals surface area contributed by atoms with Crippen LogP contribution in [0.15, 0.2) is 66.2 Å². The van der Waals surface area contributed by atoms with Crippen molar-refractivity contribution in [3.8, 4) is 0 Å². The van der Waals surface area contributed by atoms with Crippen molar-refractivity contribution in [2.75, 3.05) is 6.61 Å². The van der Waals surface area contributed by atoms with E-state index in [1.807, 2.05) is 0 Å². The van der Waals surface area contributed by atoms with Gasteiger partial charge in [0, 0.05) is 5.92 Å². The maximum absolute atomic E-state index is 12.1. The third-order valence-corrected chi connectivity index (χ3v) is 4.75. The molecule has 3 rings (SSSR count). The monoisotopic (exact) mass is 384 g/mol. The molecule has 4 atom stereocenters. The second-order valence-corrected chi connectivity index (χ2v) is 6.53. The molecule has 7 heteroatoms. The maximum atomic E-state index is 12.1. The minimum absolute atomic E-state index is 0.0830. The fourth-order valence-corrected chi connectivity index (χ4v) is 3.32. The molecule has 1 aliphatic carbocycles. The molecule has 0 amide bonds. The molecular weight excluding hydrogens is 364 g/mol. The Kier molecular flexibility index (Phi) is 5.89. The molecule has 4 unspecified atom stereocenters. The smallest absolute Gasteiger partial charge is 0.338 e. The van der Waals surface area contributed by atoms with E-state index in [0.29, 0.717) is 5.56 Å². The van der Waals surface area contributed by atoms with Crippen molar-refractivity contribution in [2.24, 2.45) is 0 Å². The number of carboxylic acids is 1. The number of aromatic carboxylic acids is 1. The summed E-state index contributed by atoms with van der Waals surface area (Å²) in [5.41, 5.74) is 0.628. The molecule has 0 bridgehead atoms. The molecule has 2 aromatic carbocycles. The van der Waals surface area contributed by atoms with Crippen molar-refractivity contribution >= 4 is 11.9 Å². The summed E-state index contributed by atoms with van der Waals surface area (Å²) >= 11 is 0. The largest absolute Gasteiger partial charge is 0.478 e. The minimum Gasteiger partial charge on any atom is -0.478 e. The Hall–Kier alpha value is -3.00. The van der Waals surface area contributed by atoms with Gasteiger partial charge in [0.2, 0.25) is 0 Å². The maximum Gasteiger partial charge on any atom is 0.338 e. The van der Waals surface area contributed by atoms with Gasteiger partial charge in [-0.15, -0.1) is 0 Å². The fraction of sp³-hybridized carbons (Fsp3) is 0.238. The number of aliphatic hydroxyl groups is 3. The Morgan fingerprint density at radius 3 is 2.25 bits per heavy atom. The first kappa shape index (κ1) is 19.8. The number of esters is 1. The van der Waals surface area contributed by atoms with E-state index in [1.54, 1.807) is 36.4 Å². The van der Waals surface area contributed by atoms with Gasteiger partial charge in [0.25, 0.3) is 0 Å². The summed E-state index contributed by atoms with van der Waals surface area (Å²) in [6.45, 7) is -0.301. The van der Waals surface area contributed by atoms with E-state index in [-0.39, 0.29) is 23.3 Å². The lowest BCUT2D eigenvalue weighted by Gasteiger charge is -2.36. The molecule has 0 saturated carbocycles. The van der Waals surface area contributed by atoms with Crippen molar-refractivity contribution < 1.29 is 34.8 Å². The molecule has 0 spiro atoms. The number of carboxylic acid groups (broad SMARTS) is 1. The van der Waals surface area contributed by atoms with E-state index in [1.165, 1.54) is 24.3 Å². The van der Waals surface area contributed by atoms with Crippen LogP contribution in [-0.4, -0.2) is 57.3 Å². The SMILES string of the molecule is O=C(OCC1=CC(O)C(O)C(c2ccccc2C(=O)O)C1O)c1ccccc1. The zero-order valence-corrected chi connectivity index (χ0v) is 14.8. The van der Waals surface area contributed by atoms with Gasteiger partial charge in [0.1, 0.15) is 6.61 Å². The first-order valence-electron chi connectivity index (χ1n) is 8.69. The summed E-state index contributed by atoms with van der Waals surface area (Å²) in [5, 5.41) is 40.7. The summed E-state index contributed by atoms with van der Waals surface area (Å²) in [6, 6.07) is 14.2. The minimum atomic E-state index is -1.41. The molecule has 7 nitrogen and oxygen atoms in total. The zero-order chi connectivity index (χ0) is 20.3. The lowest BCUT2D eigenvalue weighted by atomic mass is 9.76. The number of hydrogen-bond donors (Lipinski definition) is 4. The molecular formula is C21H20O7. The Morgan fingerprint density at radius 1 is 0.929 bits per heavy atom.